The number of ether oxygens (including phenoxy) is 1. The minimum absolute atomic E-state index is 0.116. The van der Waals surface area contributed by atoms with Crippen molar-refractivity contribution in [1.82, 2.24) is 9.97 Å². The molecule has 1 fully saturated rings. The normalized spacial score (nSPS) is 22.5. The van der Waals surface area contributed by atoms with Gasteiger partial charge in [-0.05, 0) is 13.3 Å². The Kier molecular flexibility index (Phi) is 4.15. The molecule has 0 saturated carbocycles. The first kappa shape index (κ1) is 12.5. The number of halogens is 1. The number of aliphatic hydroxyl groups excluding tert-OH is 1. The van der Waals surface area contributed by atoms with Crippen LogP contribution in [0.1, 0.15) is 13.3 Å². The van der Waals surface area contributed by atoms with Gasteiger partial charge in [0.15, 0.2) is 0 Å². The van der Waals surface area contributed by atoms with Crippen LogP contribution in [0.3, 0.4) is 0 Å². The SMILES string of the molecule is CC(O)CC1COCCN1c1ncc(Cl)cn1. The lowest BCUT2D eigenvalue weighted by Crippen LogP contribution is -2.47. The molecular formula is C11H16ClN3O2. The summed E-state index contributed by atoms with van der Waals surface area (Å²) in [5.74, 6) is 0.642. The first-order valence-corrected chi connectivity index (χ1v) is 6.04. The van der Waals surface area contributed by atoms with Crippen molar-refractivity contribution in [2.24, 2.45) is 0 Å². The Bertz CT molecular complexity index is 358. The van der Waals surface area contributed by atoms with Gasteiger partial charge in [-0.15, -0.1) is 0 Å². The zero-order valence-electron chi connectivity index (χ0n) is 9.71. The van der Waals surface area contributed by atoms with Gasteiger partial charge in [0.1, 0.15) is 0 Å². The minimum atomic E-state index is -0.364. The van der Waals surface area contributed by atoms with E-state index in [1.54, 1.807) is 19.3 Å². The van der Waals surface area contributed by atoms with Gasteiger partial charge in [0.2, 0.25) is 5.95 Å². The van der Waals surface area contributed by atoms with Gasteiger partial charge in [-0.3, -0.25) is 0 Å². The molecule has 1 aromatic heterocycles. The highest BCUT2D eigenvalue weighted by molar-refractivity contribution is 6.30. The lowest BCUT2D eigenvalue weighted by molar-refractivity contribution is 0.0714. The van der Waals surface area contributed by atoms with Gasteiger partial charge in [0.25, 0.3) is 0 Å². The maximum Gasteiger partial charge on any atom is 0.225 e. The summed E-state index contributed by atoms with van der Waals surface area (Å²) in [5, 5.41) is 9.99. The number of anilines is 1. The van der Waals surface area contributed by atoms with Crippen molar-refractivity contribution < 1.29 is 9.84 Å². The zero-order valence-corrected chi connectivity index (χ0v) is 10.5. The highest BCUT2D eigenvalue weighted by atomic mass is 35.5. The van der Waals surface area contributed by atoms with E-state index in [1.807, 2.05) is 0 Å². The molecule has 17 heavy (non-hydrogen) atoms. The van der Waals surface area contributed by atoms with Crippen LogP contribution < -0.4 is 4.90 Å². The summed E-state index contributed by atoms with van der Waals surface area (Å²) in [6.07, 6.45) is 3.44. The summed E-state index contributed by atoms with van der Waals surface area (Å²) in [5.41, 5.74) is 0. The molecule has 1 aliphatic rings. The molecule has 2 heterocycles. The number of morpholine rings is 1. The second-order valence-corrected chi connectivity index (χ2v) is 4.64. The highest BCUT2D eigenvalue weighted by Gasteiger charge is 2.26. The standard InChI is InChI=1S/C11H16ClN3O2/c1-8(16)4-10-7-17-3-2-15(10)11-13-5-9(12)6-14-11/h5-6,8,10,16H,2-4,7H2,1H3. The molecule has 2 atom stereocenters. The second kappa shape index (κ2) is 5.62. The van der Waals surface area contributed by atoms with Crippen LogP contribution in [0, 0.1) is 0 Å². The first-order chi connectivity index (χ1) is 8.16. The Hall–Kier alpha value is -0.910. The molecule has 6 heteroatoms. The first-order valence-electron chi connectivity index (χ1n) is 5.67. The quantitative estimate of drug-likeness (QED) is 0.879. The van der Waals surface area contributed by atoms with Crippen LogP contribution in [0.5, 0.6) is 0 Å². The molecule has 0 amide bonds. The van der Waals surface area contributed by atoms with E-state index in [2.05, 4.69) is 14.9 Å². The average molecular weight is 258 g/mol. The van der Waals surface area contributed by atoms with Gasteiger partial charge in [-0.25, -0.2) is 9.97 Å². The lowest BCUT2D eigenvalue weighted by Gasteiger charge is -2.36. The number of nitrogens with zero attached hydrogens (tertiary/aromatic N) is 3. The van der Waals surface area contributed by atoms with E-state index in [0.29, 0.717) is 30.6 Å². The summed E-state index contributed by atoms with van der Waals surface area (Å²) >= 11 is 5.76. The van der Waals surface area contributed by atoms with Crippen LogP contribution >= 0.6 is 11.6 Å². The van der Waals surface area contributed by atoms with Crippen LogP contribution in [0.25, 0.3) is 0 Å². The van der Waals surface area contributed by atoms with Gasteiger partial charge in [0.05, 0.1) is 42.8 Å². The van der Waals surface area contributed by atoms with Crippen molar-refractivity contribution >= 4 is 17.5 Å². The second-order valence-electron chi connectivity index (χ2n) is 4.21. The van der Waals surface area contributed by atoms with Crippen LogP contribution in [-0.4, -0.2) is 47.0 Å². The molecule has 94 valence electrons. The van der Waals surface area contributed by atoms with Crippen LogP contribution in [0.15, 0.2) is 12.4 Å². The number of hydrogen-bond donors (Lipinski definition) is 1. The molecule has 1 N–H and O–H groups in total. The van der Waals surface area contributed by atoms with E-state index in [1.165, 1.54) is 0 Å². The van der Waals surface area contributed by atoms with Crippen molar-refractivity contribution in [3.8, 4) is 0 Å². The predicted octanol–water partition coefficient (Wildman–Crippen LogP) is 1.11. The molecule has 0 spiro atoms. The third-order valence-corrected chi connectivity index (χ3v) is 2.90. The zero-order chi connectivity index (χ0) is 12.3. The van der Waals surface area contributed by atoms with Crippen molar-refractivity contribution in [2.75, 3.05) is 24.7 Å². The van der Waals surface area contributed by atoms with E-state index < -0.39 is 0 Å². The molecule has 0 bridgehead atoms. The maximum absolute atomic E-state index is 9.47. The molecule has 1 saturated heterocycles. The predicted molar refractivity (Wildman–Crippen MR) is 65.3 cm³/mol. The van der Waals surface area contributed by atoms with Gasteiger partial charge >= 0.3 is 0 Å². The molecule has 1 aliphatic heterocycles. The summed E-state index contributed by atoms with van der Waals surface area (Å²) in [6.45, 7) is 3.76. The van der Waals surface area contributed by atoms with E-state index in [9.17, 15) is 5.11 Å². The summed E-state index contributed by atoms with van der Waals surface area (Å²) < 4.78 is 5.42. The average Bonchev–Trinajstić information content (AvgIpc) is 2.30. The summed E-state index contributed by atoms with van der Waals surface area (Å²) in [7, 11) is 0. The van der Waals surface area contributed by atoms with Crippen molar-refractivity contribution in [3.63, 3.8) is 0 Å². The summed E-state index contributed by atoms with van der Waals surface area (Å²) in [4.78, 5) is 10.5. The van der Waals surface area contributed by atoms with E-state index >= 15 is 0 Å². The Morgan fingerprint density at radius 2 is 2.29 bits per heavy atom. The van der Waals surface area contributed by atoms with E-state index in [0.717, 1.165) is 6.54 Å². The maximum atomic E-state index is 9.47. The van der Waals surface area contributed by atoms with Crippen molar-refractivity contribution in [2.45, 2.75) is 25.5 Å². The third kappa shape index (κ3) is 3.28. The minimum Gasteiger partial charge on any atom is -0.393 e. The van der Waals surface area contributed by atoms with Gasteiger partial charge < -0.3 is 14.7 Å². The van der Waals surface area contributed by atoms with Crippen LogP contribution in [0.4, 0.5) is 5.95 Å². The number of aromatic nitrogens is 2. The van der Waals surface area contributed by atoms with Crippen molar-refractivity contribution in [1.29, 1.82) is 0 Å². The fraction of sp³-hybridized carbons (Fsp3) is 0.636. The Morgan fingerprint density at radius 1 is 1.59 bits per heavy atom. The Labute approximate surface area is 105 Å². The molecule has 0 aliphatic carbocycles. The largest absolute Gasteiger partial charge is 0.393 e. The fourth-order valence-corrected chi connectivity index (χ4v) is 2.06. The molecular weight excluding hydrogens is 242 g/mol. The highest BCUT2D eigenvalue weighted by Crippen LogP contribution is 2.19. The Morgan fingerprint density at radius 3 is 2.94 bits per heavy atom. The smallest absolute Gasteiger partial charge is 0.225 e. The fourth-order valence-electron chi connectivity index (χ4n) is 1.96. The monoisotopic (exact) mass is 257 g/mol. The topological polar surface area (TPSA) is 58.5 Å². The van der Waals surface area contributed by atoms with Gasteiger partial charge in [-0.2, -0.15) is 0 Å². The molecule has 0 radical (unpaired) electrons. The van der Waals surface area contributed by atoms with Crippen molar-refractivity contribution in [3.05, 3.63) is 17.4 Å². The molecule has 5 nitrogen and oxygen atoms in total. The third-order valence-electron chi connectivity index (χ3n) is 2.70. The van der Waals surface area contributed by atoms with Crippen LogP contribution in [0.2, 0.25) is 5.02 Å². The van der Waals surface area contributed by atoms with Gasteiger partial charge in [-0.1, -0.05) is 11.6 Å². The number of hydrogen-bond acceptors (Lipinski definition) is 5. The molecule has 1 aromatic rings. The van der Waals surface area contributed by atoms with Gasteiger partial charge in [0, 0.05) is 6.54 Å². The Balaban J connectivity index is 2.12. The van der Waals surface area contributed by atoms with Crippen LogP contribution in [-0.2, 0) is 4.74 Å². The molecule has 0 aromatic carbocycles. The molecule has 2 unspecified atom stereocenters. The van der Waals surface area contributed by atoms with E-state index in [4.69, 9.17) is 16.3 Å². The number of aliphatic hydroxyl groups is 1. The molecule has 2 rings (SSSR count). The lowest BCUT2D eigenvalue weighted by atomic mass is 10.1. The number of rotatable bonds is 3. The van der Waals surface area contributed by atoms with E-state index in [-0.39, 0.29) is 12.1 Å². The summed E-state index contributed by atoms with van der Waals surface area (Å²) in [6, 6.07) is 0.116.